The third-order valence-electron chi connectivity index (χ3n) is 4.33. The van der Waals surface area contributed by atoms with Crippen LogP contribution >= 0.6 is 0 Å². The van der Waals surface area contributed by atoms with Crippen molar-refractivity contribution in [3.63, 3.8) is 0 Å². The van der Waals surface area contributed by atoms with Crippen LogP contribution in [-0.4, -0.2) is 13.2 Å². The molecule has 2 heteroatoms. The minimum absolute atomic E-state index is 0.538. The highest BCUT2D eigenvalue weighted by molar-refractivity contribution is 5.27. The quantitative estimate of drug-likeness (QED) is 0.822. The maximum absolute atomic E-state index is 5.18. The fourth-order valence-electron chi connectivity index (χ4n) is 2.87. The molecule has 19 heavy (non-hydrogen) atoms. The molecule has 1 saturated carbocycles. The SMILES string of the molecule is COc1ccc(CNC2CCCC(C)(C)CC2)cc1. The molecule has 1 aromatic rings. The average molecular weight is 261 g/mol. The topological polar surface area (TPSA) is 21.3 Å². The molecular formula is C17H27NO. The van der Waals surface area contributed by atoms with Gasteiger partial charge in [-0.3, -0.25) is 0 Å². The van der Waals surface area contributed by atoms with Crippen LogP contribution < -0.4 is 10.1 Å². The molecule has 1 aromatic carbocycles. The van der Waals surface area contributed by atoms with E-state index >= 15 is 0 Å². The van der Waals surface area contributed by atoms with Gasteiger partial charge in [0.1, 0.15) is 5.75 Å². The number of ether oxygens (including phenoxy) is 1. The lowest BCUT2D eigenvalue weighted by molar-refractivity contribution is 0.309. The summed E-state index contributed by atoms with van der Waals surface area (Å²) in [5.74, 6) is 0.931. The van der Waals surface area contributed by atoms with Gasteiger partial charge in [-0.25, -0.2) is 0 Å². The Morgan fingerprint density at radius 1 is 1.16 bits per heavy atom. The van der Waals surface area contributed by atoms with Gasteiger partial charge >= 0.3 is 0 Å². The molecule has 1 atom stereocenters. The molecule has 2 rings (SSSR count). The van der Waals surface area contributed by atoms with Gasteiger partial charge in [-0.15, -0.1) is 0 Å². The van der Waals surface area contributed by atoms with Crippen molar-refractivity contribution in [1.82, 2.24) is 5.32 Å². The number of hydrogen-bond acceptors (Lipinski definition) is 2. The molecule has 0 bridgehead atoms. The standard InChI is InChI=1S/C17H27NO/c1-17(2)11-4-5-15(10-12-17)18-13-14-6-8-16(19-3)9-7-14/h6-9,15,18H,4-5,10-13H2,1-3H3. The van der Waals surface area contributed by atoms with Gasteiger partial charge < -0.3 is 10.1 Å². The van der Waals surface area contributed by atoms with E-state index in [2.05, 4.69) is 31.3 Å². The zero-order valence-corrected chi connectivity index (χ0v) is 12.5. The number of methoxy groups -OCH3 is 1. The monoisotopic (exact) mass is 261 g/mol. The second-order valence-corrected chi connectivity index (χ2v) is 6.52. The third kappa shape index (κ3) is 4.54. The highest BCUT2D eigenvalue weighted by atomic mass is 16.5. The van der Waals surface area contributed by atoms with E-state index in [1.165, 1.54) is 37.7 Å². The second-order valence-electron chi connectivity index (χ2n) is 6.52. The van der Waals surface area contributed by atoms with E-state index in [0.717, 1.165) is 12.3 Å². The first kappa shape index (κ1) is 14.4. The third-order valence-corrected chi connectivity index (χ3v) is 4.33. The molecule has 0 radical (unpaired) electrons. The molecule has 1 aliphatic carbocycles. The van der Waals surface area contributed by atoms with Crippen molar-refractivity contribution < 1.29 is 4.74 Å². The average Bonchev–Trinajstić information content (AvgIpc) is 2.58. The zero-order valence-electron chi connectivity index (χ0n) is 12.5. The van der Waals surface area contributed by atoms with Crippen LogP contribution in [-0.2, 0) is 6.54 Å². The van der Waals surface area contributed by atoms with Crippen LogP contribution in [0, 0.1) is 5.41 Å². The van der Waals surface area contributed by atoms with E-state index in [-0.39, 0.29) is 0 Å². The number of nitrogens with one attached hydrogen (secondary N) is 1. The van der Waals surface area contributed by atoms with Crippen LogP contribution in [0.3, 0.4) is 0 Å². The summed E-state index contributed by atoms with van der Waals surface area (Å²) < 4.78 is 5.18. The summed E-state index contributed by atoms with van der Waals surface area (Å²) in [6.45, 7) is 5.77. The van der Waals surface area contributed by atoms with Crippen LogP contribution in [0.2, 0.25) is 0 Å². The highest BCUT2D eigenvalue weighted by Crippen LogP contribution is 2.33. The molecule has 0 aliphatic heterocycles. The predicted molar refractivity (Wildman–Crippen MR) is 80.5 cm³/mol. The summed E-state index contributed by atoms with van der Waals surface area (Å²) >= 11 is 0. The zero-order chi connectivity index (χ0) is 13.7. The number of rotatable bonds is 4. The van der Waals surface area contributed by atoms with Crippen molar-refractivity contribution in [2.45, 2.75) is 58.5 Å². The van der Waals surface area contributed by atoms with Crippen LogP contribution in [0.4, 0.5) is 0 Å². The largest absolute Gasteiger partial charge is 0.497 e. The van der Waals surface area contributed by atoms with Gasteiger partial charge in [-0.1, -0.05) is 32.4 Å². The Morgan fingerprint density at radius 2 is 1.89 bits per heavy atom. The summed E-state index contributed by atoms with van der Waals surface area (Å²) in [5, 5.41) is 3.71. The van der Waals surface area contributed by atoms with Crippen LogP contribution in [0.1, 0.15) is 51.5 Å². The van der Waals surface area contributed by atoms with E-state index in [0.29, 0.717) is 11.5 Å². The molecular weight excluding hydrogens is 234 g/mol. The van der Waals surface area contributed by atoms with Crippen molar-refractivity contribution in [2.24, 2.45) is 5.41 Å². The Balaban J connectivity index is 1.81. The lowest BCUT2D eigenvalue weighted by Crippen LogP contribution is -2.28. The molecule has 1 aliphatic rings. The molecule has 0 saturated heterocycles. The maximum Gasteiger partial charge on any atom is 0.118 e. The smallest absolute Gasteiger partial charge is 0.118 e. The molecule has 0 heterocycles. The molecule has 106 valence electrons. The minimum Gasteiger partial charge on any atom is -0.497 e. The Kier molecular flexibility index (Phi) is 4.87. The minimum atomic E-state index is 0.538. The summed E-state index contributed by atoms with van der Waals surface area (Å²) in [4.78, 5) is 0. The molecule has 1 N–H and O–H groups in total. The lowest BCUT2D eigenvalue weighted by Gasteiger charge is -2.22. The van der Waals surface area contributed by atoms with E-state index in [9.17, 15) is 0 Å². The summed E-state index contributed by atoms with van der Waals surface area (Å²) in [7, 11) is 1.71. The fourth-order valence-corrected chi connectivity index (χ4v) is 2.87. The normalized spacial score (nSPS) is 22.8. The van der Waals surface area contributed by atoms with Crippen molar-refractivity contribution in [3.8, 4) is 5.75 Å². The summed E-state index contributed by atoms with van der Waals surface area (Å²) in [6.07, 6.45) is 6.69. The maximum atomic E-state index is 5.18. The van der Waals surface area contributed by atoms with Gasteiger partial charge in [0, 0.05) is 12.6 Å². The summed E-state index contributed by atoms with van der Waals surface area (Å²) in [6, 6.07) is 9.04. The Morgan fingerprint density at radius 3 is 2.58 bits per heavy atom. The summed E-state index contributed by atoms with van der Waals surface area (Å²) in [5.41, 5.74) is 1.88. The van der Waals surface area contributed by atoms with Gasteiger partial charge in [0.2, 0.25) is 0 Å². The van der Waals surface area contributed by atoms with Crippen molar-refractivity contribution >= 4 is 0 Å². The van der Waals surface area contributed by atoms with E-state index < -0.39 is 0 Å². The van der Waals surface area contributed by atoms with Gasteiger partial charge in [0.25, 0.3) is 0 Å². The van der Waals surface area contributed by atoms with Crippen molar-refractivity contribution in [1.29, 1.82) is 0 Å². The number of benzene rings is 1. The van der Waals surface area contributed by atoms with E-state index in [1.807, 2.05) is 12.1 Å². The molecule has 0 spiro atoms. The van der Waals surface area contributed by atoms with E-state index in [4.69, 9.17) is 4.74 Å². The fraction of sp³-hybridized carbons (Fsp3) is 0.647. The first-order valence-electron chi connectivity index (χ1n) is 7.45. The van der Waals surface area contributed by atoms with Crippen molar-refractivity contribution in [2.75, 3.05) is 7.11 Å². The van der Waals surface area contributed by atoms with Gasteiger partial charge in [-0.05, 0) is 48.8 Å². The first-order valence-corrected chi connectivity index (χ1v) is 7.45. The predicted octanol–water partition coefficient (Wildman–Crippen LogP) is 4.14. The molecule has 2 nitrogen and oxygen atoms in total. The Labute approximate surface area is 117 Å². The first-order chi connectivity index (χ1) is 9.09. The number of hydrogen-bond donors (Lipinski definition) is 1. The van der Waals surface area contributed by atoms with Gasteiger partial charge in [0.05, 0.1) is 7.11 Å². The lowest BCUT2D eigenvalue weighted by atomic mass is 9.85. The van der Waals surface area contributed by atoms with Crippen molar-refractivity contribution in [3.05, 3.63) is 29.8 Å². The van der Waals surface area contributed by atoms with Gasteiger partial charge in [-0.2, -0.15) is 0 Å². The highest BCUT2D eigenvalue weighted by Gasteiger charge is 2.23. The molecule has 0 aromatic heterocycles. The Bertz CT molecular complexity index is 383. The van der Waals surface area contributed by atoms with E-state index in [1.54, 1.807) is 7.11 Å². The van der Waals surface area contributed by atoms with Crippen LogP contribution in [0.25, 0.3) is 0 Å². The van der Waals surface area contributed by atoms with Crippen LogP contribution in [0.5, 0.6) is 5.75 Å². The van der Waals surface area contributed by atoms with Gasteiger partial charge in [0.15, 0.2) is 0 Å². The molecule has 1 unspecified atom stereocenters. The van der Waals surface area contributed by atoms with Crippen LogP contribution in [0.15, 0.2) is 24.3 Å². The molecule has 1 fully saturated rings. The molecule has 0 amide bonds. The Hall–Kier alpha value is -1.02. The second kappa shape index (κ2) is 6.42.